The monoisotopic (exact) mass is 180 g/mol. The van der Waals surface area contributed by atoms with E-state index in [-0.39, 0.29) is 11.1 Å². The van der Waals surface area contributed by atoms with Crippen LogP contribution >= 0.6 is 23.4 Å². The van der Waals surface area contributed by atoms with Crippen LogP contribution < -0.4 is 11.5 Å². The molecular formula is C4H9ClN4S. The van der Waals surface area contributed by atoms with Gasteiger partial charge in [-0.05, 0) is 0 Å². The van der Waals surface area contributed by atoms with Crippen molar-refractivity contribution in [2.75, 3.05) is 11.6 Å². The molecule has 0 amide bonds. The number of hydrogen-bond donors (Lipinski definition) is 3. The van der Waals surface area contributed by atoms with Crippen molar-refractivity contribution in [2.24, 2.45) is 16.5 Å². The Kier molecular flexibility index (Phi) is 5.15. The molecule has 58 valence electrons. The van der Waals surface area contributed by atoms with Gasteiger partial charge in [0.25, 0.3) is 0 Å². The summed E-state index contributed by atoms with van der Waals surface area (Å²) in [5.41, 5.74) is 10.0. The van der Waals surface area contributed by atoms with Gasteiger partial charge < -0.3 is 11.5 Å². The van der Waals surface area contributed by atoms with Crippen LogP contribution in [-0.4, -0.2) is 22.8 Å². The van der Waals surface area contributed by atoms with Crippen LogP contribution in [0.15, 0.2) is 4.99 Å². The number of guanidine groups is 1. The fourth-order valence-electron chi connectivity index (χ4n) is 0.285. The summed E-state index contributed by atoms with van der Waals surface area (Å²) in [4.78, 5) is 3.47. The number of nitrogens with one attached hydrogen (secondary N) is 1. The third-order valence-electron chi connectivity index (χ3n) is 0.547. The molecule has 0 aromatic rings. The van der Waals surface area contributed by atoms with Gasteiger partial charge in [-0.15, -0.1) is 11.6 Å². The number of hydrogen-bond acceptors (Lipinski definition) is 2. The number of alkyl halides is 1. The Hall–Kier alpha value is -0.420. The van der Waals surface area contributed by atoms with Crippen LogP contribution in [0.25, 0.3) is 0 Å². The van der Waals surface area contributed by atoms with Crippen LogP contribution in [0.5, 0.6) is 0 Å². The Balaban J connectivity index is 3.54. The maximum atomic E-state index is 7.08. The normalized spacial score (nSPS) is 8.90. The third-order valence-corrected chi connectivity index (χ3v) is 1.73. The summed E-state index contributed by atoms with van der Waals surface area (Å²) in [6, 6.07) is 0. The summed E-state index contributed by atoms with van der Waals surface area (Å²) in [5.74, 6) is 1.05. The van der Waals surface area contributed by atoms with E-state index < -0.39 is 0 Å². The summed E-state index contributed by atoms with van der Waals surface area (Å²) in [7, 11) is 0. The first-order chi connectivity index (χ1) is 4.66. The lowest BCUT2D eigenvalue weighted by Crippen LogP contribution is -2.23. The molecule has 0 aliphatic heterocycles. The minimum absolute atomic E-state index is 0.0907. The highest BCUT2D eigenvalue weighted by atomic mass is 35.5. The Labute approximate surface area is 68.5 Å². The molecule has 0 fully saturated rings. The Morgan fingerprint density at radius 2 is 2.20 bits per heavy atom. The number of amidine groups is 1. The van der Waals surface area contributed by atoms with Crippen LogP contribution in [0.4, 0.5) is 0 Å². The summed E-state index contributed by atoms with van der Waals surface area (Å²) in [6.45, 7) is 0. The number of aliphatic imine (C=N–C) groups is 1. The lowest BCUT2D eigenvalue weighted by molar-refractivity contribution is 1.43. The molecule has 0 aliphatic rings. The molecule has 10 heavy (non-hydrogen) atoms. The van der Waals surface area contributed by atoms with Gasteiger partial charge in [-0.2, -0.15) is 4.99 Å². The molecule has 5 N–H and O–H groups in total. The van der Waals surface area contributed by atoms with Gasteiger partial charge in [0.05, 0.1) is 0 Å². The molecule has 6 heteroatoms. The maximum Gasteiger partial charge on any atom is 0.193 e. The minimum atomic E-state index is -0.0907. The maximum absolute atomic E-state index is 7.08. The second kappa shape index (κ2) is 5.37. The van der Waals surface area contributed by atoms with Crippen LogP contribution in [0.3, 0.4) is 0 Å². The number of nitrogens with zero attached hydrogens (tertiary/aromatic N) is 1. The zero-order valence-electron chi connectivity index (χ0n) is 5.30. The van der Waals surface area contributed by atoms with E-state index in [0.717, 1.165) is 0 Å². The molecule has 4 nitrogen and oxygen atoms in total. The summed E-state index contributed by atoms with van der Waals surface area (Å²) in [5, 5.41) is 7.18. The van der Waals surface area contributed by atoms with E-state index in [1.54, 1.807) is 0 Å². The van der Waals surface area contributed by atoms with E-state index in [9.17, 15) is 0 Å². The lowest BCUT2D eigenvalue weighted by atomic mass is 11.0. The average molecular weight is 181 g/mol. The zero-order valence-corrected chi connectivity index (χ0v) is 6.87. The molecule has 0 atom stereocenters. The summed E-state index contributed by atoms with van der Waals surface area (Å²) in [6.07, 6.45) is 0. The highest BCUT2D eigenvalue weighted by Gasteiger charge is 1.93. The first kappa shape index (κ1) is 9.58. The van der Waals surface area contributed by atoms with E-state index in [0.29, 0.717) is 11.6 Å². The standard InChI is InChI=1S/C4H9ClN4S/c5-1-2-10-4(8)9-3(6)7/h1-2H2,(H5,6,7,8,9). The van der Waals surface area contributed by atoms with E-state index >= 15 is 0 Å². The van der Waals surface area contributed by atoms with Gasteiger partial charge in [-0.3, -0.25) is 5.41 Å². The Morgan fingerprint density at radius 3 is 2.60 bits per heavy atom. The van der Waals surface area contributed by atoms with Crippen molar-refractivity contribution >= 4 is 34.5 Å². The first-order valence-electron chi connectivity index (χ1n) is 2.53. The Bertz CT molecular complexity index is 142. The van der Waals surface area contributed by atoms with Crippen molar-refractivity contribution in [1.82, 2.24) is 0 Å². The number of halogens is 1. The van der Waals surface area contributed by atoms with E-state index in [2.05, 4.69) is 4.99 Å². The van der Waals surface area contributed by atoms with Crippen molar-refractivity contribution in [2.45, 2.75) is 0 Å². The van der Waals surface area contributed by atoms with Crippen molar-refractivity contribution in [3.63, 3.8) is 0 Å². The third kappa shape index (κ3) is 5.71. The van der Waals surface area contributed by atoms with Crippen LogP contribution in [-0.2, 0) is 0 Å². The quantitative estimate of drug-likeness (QED) is 0.322. The SMILES string of the molecule is N=C(N=C(N)N)SCCCl. The molecule has 0 unspecified atom stereocenters. The van der Waals surface area contributed by atoms with Crippen molar-refractivity contribution in [1.29, 1.82) is 5.41 Å². The summed E-state index contributed by atoms with van der Waals surface area (Å²) >= 11 is 6.56. The Morgan fingerprint density at radius 1 is 1.60 bits per heavy atom. The first-order valence-corrected chi connectivity index (χ1v) is 4.05. The van der Waals surface area contributed by atoms with Crippen LogP contribution in [0.2, 0.25) is 0 Å². The molecule has 0 aromatic heterocycles. The highest BCUT2D eigenvalue weighted by Crippen LogP contribution is 2.02. The average Bonchev–Trinajstić information content (AvgIpc) is 1.82. The topological polar surface area (TPSA) is 88.2 Å². The van der Waals surface area contributed by atoms with Crippen molar-refractivity contribution in [3.8, 4) is 0 Å². The van der Waals surface area contributed by atoms with Gasteiger partial charge in [0, 0.05) is 11.6 Å². The van der Waals surface area contributed by atoms with E-state index in [1.807, 2.05) is 0 Å². The van der Waals surface area contributed by atoms with Crippen molar-refractivity contribution < 1.29 is 0 Å². The molecule has 0 radical (unpaired) electrons. The van der Waals surface area contributed by atoms with Crippen LogP contribution in [0.1, 0.15) is 0 Å². The number of thioether (sulfide) groups is 1. The molecule has 0 bridgehead atoms. The van der Waals surface area contributed by atoms with Crippen LogP contribution in [0, 0.1) is 5.41 Å². The molecule has 0 aliphatic carbocycles. The second-order valence-electron chi connectivity index (χ2n) is 1.38. The largest absolute Gasteiger partial charge is 0.370 e. The summed E-state index contributed by atoms with van der Waals surface area (Å²) < 4.78 is 0. The van der Waals surface area contributed by atoms with E-state index in [4.69, 9.17) is 28.5 Å². The van der Waals surface area contributed by atoms with Gasteiger partial charge in [-0.25, -0.2) is 0 Å². The van der Waals surface area contributed by atoms with Gasteiger partial charge in [0.1, 0.15) is 0 Å². The van der Waals surface area contributed by atoms with Gasteiger partial charge in [0.2, 0.25) is 0 Å². The van der Waals surface area contributed by atoms with E-state index in [1.165, 1.54) is 11.8 Å². The molecular weight excluding hydrogens is 172 g/mol. The smallest absolute Gasteiger partial charge is 0.193 e. The van der Waals surface area contributed by atoms with Crippen molar-refractivity contribution in [3.05, 3.63) is 0 Å². The zero-order chi connectivity index (χ0) is 7.98. The molecule has 0 heterocycles. The minimum Gasteiger partial charge on any atom is -0.370 e. The highest BCUT2D eigenvalue weighted by molar-refractivity contribution is 8.13. The fourth-order valence-corrected chi connectivity index (χ4v) is 0.957. The molecule has 0 saturated carbocycles. The predicted octanol–water partition coefficient (Wildman–Crippen LogP) is 0.167. The predicted molar refractivity (Wildman–Crippen MR) is 46.7 cm³/mol. The lowest BCUT2D eigenvalue weighted by Gasteiger charge is -1.93. The fraction of sp³-hybridized carbons (Fsp3) is 0.500. The number of rotatable bonds is 2. The molecule has 0 saturated heterocycles. The molecule has 0 spiro atoms. The van der Waals surface area contributed by atoms with Gasteiger partial charge in [-0.1, -0.05) is 11.8 Å². The molecule has 0 aromatic carbocycles. The molecule has 0 rings (SSSR count). The van der Waals surface area contributed by atoms with Gasteiger partial charge >= 0.3 is 0 Å². The second-order valence-corrected chi connectivity index (χ2v) is 2.84. The van der Waals surface area contributed by atoms with Gasteiger partial charge in [0.15, 0.2) is 11.1 Å². The number of nitrogens with two attached hydrogens (primary N) is 2.